The van der Waals surface area contributed by atoms with Crippen LogP contribution < -0.4 is 5.32 Å². The highest BCUT2D eigenvalue weighted by molar-refractivity contribution is 5.86. The lowest BCUT2D eigenvalue weighted by atomic mass is 10.1. The van der Waals surface area contributed by atoms with Gasteiger partial charge in [0, 0.05) is 18.0 Å². The first-order chi connectivity index (χ1) is 4.97. The lowest BCUT2D eigenvalue weighted by Gasteiger charge is -2.11. The molecule has 0 unspecified atom stereocenters. The largest absolute Gasteiger partial charge is 0.288 e. The van der Waals surface area contributed by atoms with Crippen LogP contribution in [0.5, 0.6) is 0 Å². The fourth-order valence-corrected chi connectivity index (χ4v) is 1.000. The number of allylic oxidation sites excluding steroid dienone is 3. The van der Waals surface area contributed by atoms with Gasteiger partial charge in [0.15, 0.2) is 0 Å². The Bertz CT molecular complexity index is 256. The van der Waals surface area contributed by atoms with Crippen LogP contribution in [0.3, 0.4) is 0 Å². The number of hydrogen-bond acceptors (Lipinski definition) is 1. The number of dihydropyridines is 1. The Morgan fingerprint density at radius 1 is 1.40 bits per heavy atom. The fraction of sp³-hybridized carbons (Fsp3) is 0.125. The van der Waals surface area contributed by atoms with E-state index in [4.69, 9.17) is 0 Å². The molecule has 2 heterocycles. The molecule has 0 amide bonds. The number of rotatable bonds is 0. The minimum absolute atomic E-state index is 0.768. The van der Waals surface area contributed by atoms with E-state index in [0.717, 1.165) is 17.8 Å². The van der Waals surface area contributed by atoms with E-state index in [9.17, 15) is 0 Å². The molecule has 0 bridgehead atoms. The average molecular weight is 131 g/mol. The molecular weight excluding hydrogens is 124 g/mol. The topological polar surface area (TPSA) is 26.5 Å². The molecule has 1 radical (unpaired) electrons. The molecule has 10 heavy (non-hydrogen) atoms. The molecule has 0 aromatic carbocycles. The number of hydrogen-bond donors (Lipinski definition) is 0. The predicted molar refractivity (Wildman–Crippen MR) is 40.8 cm³/mol. The van der Waals surface area contributed by atoms with Crippen LogP contribution in [0.1, 0.15) is 0 Å². The molecule has 0 atom stereocenters. The normalized spacial score (nSPS) is 20.8. The van der Waals surface area contributed by atoms with Crippen molar-refractivity contribution in [3.63, 3.8) is 0 Å². The van der Waals surface area contributed by atoms with Gasteiger partial charge in [0.1, 0.15) is 0 Å². The molecule has 0 saturated heterocycles. The Hall–Kier alpha value is -1.31. The van der Waals surface area contributed by atoms with Crippen molar-refractivity contribution in [1.82, 2.24) is 5.32 Å². The summed E-state index contributed by atoms with van der Waals surface area (Å²) in [6, 6.07) is 0. The molecular formula is C8H7N2. The summed E-state index contributed by atoms with van der Waals surface area (Å²) >= 11 is 0. The lowest BCUT2D eigenvalue weighted by Crippen LogP contribution is -2.08. The third-order valence-corrected chi connectivity index (χ3v) is 1.49. The quantitative estimate of drug-likeness (QED) is 0.469. The van der Waals surface area contributed by atoms with Crippen molar-refractivity contribution in [3.8, 4) is 0 Å². The number of aliphatic imine (C=N–C) groups is 1. The second-order valence-electron chi connectivity index (χ2n) is 2.18. The molecule has 0 fully saturated rings. The van der Waals surface area contributed by atoms with Gasteiger partial charge in [-0.3, -0.25) is 10.3 Å². The van der Waals surface area contributed by atoms with Crippen LogP contribution in [0.15, 0.2) is 40.7 Å². The van der Waals surface area contributed by atoms with Crippen LogP contribution in [-0.2, 0) is 0 Å². The monoisotopic (exact) mass is 131 g/mol. The Kier molecular flexibility index (Phi) is 1.17. The van der Waals surface area contributed by atoms with E-state index in [0.29, 0.717) is 0 Å². The molecule has 49 valence electrons. The van der Waals surface area contributed by atoms with Gasteiger partial charge in [-0.25, -0.2) is 0 Å². The summed E-state index contributed by atoms with van der Waals surface area (Å²) in [4.78, 5) is 4.10. The molecule has 2 aliphatic rings. The van der Waals surface area contributed by atoms with Crippen LogP contribution >= 0.6 is 0 Å². The Morgan fingerprint density at radius 2 is 2.40 bits per heavy atom. The highest BCUT2D eigenvalue weighted by atomic mass is 14.9. The summed E-state index contributed by atoms with van der Waals surface area (Å²) in [5.74, 6) is 0. The minimum atomic E-state index is 0.768. The number of nitrogens with zero attached hydrogens (tertiary/aromatic N) is 2. The lowest BCUT2D eigenvalue weighted by molar-refractivity contribution is 1.02. The standard InChI is InChI=1S/C8H7N2/c1-2-7-6-9-5-3-8(7)10-4-1/h1-4,6H,5H2. The summed E-state index contributed by atoms with van der Waals surface area (Å²) < 4.78 is 0. The summed E-state index contributed by atoms with van der Waals surface area (Å²) in [5.41, 5.74) is 2.17. The molecule has 2 aliphatic heterocycles. The second-order valence-corrected chi connectivity index (χ2v) is 2.18. The third kappa shape index (κ3) is 0.778. The third-order valence-electron chi connectivity index (χ3n) is 1.49. The van der Waals surface area contributed by atoms with E-state index in [2.05, 4.69) is 10.3 Å². The van der Waals surface area contributed by atoms with E-state index < -0.39 is 0 Å². The Morgan fingerprint density at radius 3 is 3.30 bits per heavy atom. The summed E-state index contributed by atoms with van der Waals surface area (Å²) in [6.45, 7) is 0.768. The van der Waals surface area contributed by atoms with Crippen molar-refractivity contribution in [1.29, 1.82) is 0 Å². The van der Waals surface area contributed by atoms with Crippen molar-refractivity contribution < 1.29 is 0 Å². The van der Waals surface area contributed by atoms with E-state index in [1.54, 1.807) is 6.20 Å². The van der Waals surface area contributed by atoms with E-state index in [-0.39, 0.29) is 0 Å². The van der Waals surface area contributed by atoms with E-state index >= 15 is 0 Å². The summed E-state index contributed by atoms with van der Waals surface area (Å²) in [6.07, 6.45) is 9.62. The number of fused-ring (bicyclic) bond motifs is 1. The van der Waals surface area contributed by atoms with Crippen molar-refractivity contribution in [2.45, 2.75) is 0 Å². The van der Waals surface area contributed by atoms with Gasteiger partial charge in [-0.05, 0) is 18.2 Å². The van der Waals surface area contributed by atoms with Gasteiger partial charge < -0.3 is 0 Å². The van der Waals surface area contributed by atoms with Crippen LogP contribution in [-0.4, -0.2) is 12.8 Å². The highest BCUT2D eigenvalue weighted by Gasteiger charge is 2.06. The van der Waals surface area contributed by atoms with Gasteiger partial charge in [-0.2, -0.15) is 0 Å². The first-order valence-electron chi connectivity index (χ1n) is 3.25. The molecule has 2 rings (SSSR count). The highest BCUT2D eigenvalue weighted by Crippen LogP contribution is 2.13. The Balaban J connectivity index is 2.39. The summed E-state index contributed by atoms with van der Waals surface area (Å²) in [7, 11) is 0. The van der Waals surface area contributed by atoms with Gasteiger partial charge in [-0.15, -0.1) is 0 Å². The maximum absolute atomic E-state index is 4.17. The van der Waals surface area contributed by atoms with Crippen LogP contribution in [0, 0.1) is 0 Å². The average Bonchev–Trinajstić information content (AvgIpc) is 2.05. The van der Waals surface area contributed by atoms with Crippen molar-refractivity contribution in [2.75, 3.05) is 6.54 Å². The van der Waals surface area contributed by atoms with Gasteiger partial charge in [0.05, 0.1) is 12.2 Å². The maximum atomic E-state index is 4.17. The van der Waals surface area contributed by atoms with Crippen LogP contribution in [0.4, 0.5) is 0 Å². The zero-order valence-electron chi connectivity index (χ0n) is 5.49. The first-order valence-corrected chi connectivity index (χ1v) is 3.25. The molecule has 0 aliphatic carbocycles. The van der Waals surface area contributed by atoms with Crippen molar-refractivity contribution in [3.05, 3.63) is 35.7 Å². The molecule has 0 spiro atoms. The molecule has 2 heteroatoms. The predicted octanol–water partition coefficient (Wildman–Crippen LogP) is 1.01. The van der Waals surface area contributed by atoms with Crippen LogP contribution in [0.2, 0.25) is 0 Å². The van der Waals surface area contributed by atoms with Crippen molar-refractivity contribution in [2.24, 2.45) is 4.99 Å². The zero-order valence-corrected chi connectivity index (χ0v) is 5.49. The molecule has 0 aromatic rings. The Labute approximate surface area is 59.7 Å². The minimum Gasteiger partial charge on any atom is -0.288 e. The molecule has 2 nitrogen and oxygen atoms in total. The molecule has 0 aromatic heterocycles. The maximum Gasteiger partial charge on any atom is 0.0695 e. The van der Waals surface area contributed by atoms with Gasteiger partial charge in [0.25, 0.3) is 0 Å². The molecule has 0 N–H and O–H groups in total. The SMILES string of the molecule is C1=C[N]C2=CCN=CC2=C1. The first kappa shape index (κ1) is 5.47. The second kappa shape index (κ2) is 2.14. The van der Waals surface area contributed by atoms with E-state index in [1.807, 2.05) is 24.4 Å². The van der Waals surface area contributed by atoms with E-state index in [1.165, 1.54) is 0 Å². The van der Waals surface area contributed by atoms with Gasteiger partial charge >= 0.3 is 0 Å². The van der Waals surface area contributed by atoms with Crippen molar-refractivity contribution >= 4 is 6.21 Å². The van der Waals surface area contributed by atoms with Gasteiger partial charge in [-0.1, -0.05) is 0 Å². The zero-order chi connectivity index (χ0) is 6.81. The van der Waals surface area contributed by atoms with Crippen LogP contribution in [0.25, 0.3) is 0 Å². The fourth-order valence-electron chi connectivity index (χ4n) is 1.000. The van der Waals surface area contributed by atoms with Gasteiger partial charge in [0.2, 0.25) is 0 Å². The molecule has 0 saturated carbocycles. The summed E-state index contributed by atoms with van der Waals surface area (Å²) in [5, 5.41) is 4.17. The smallest absolute Gasteiger partial charge is 0.0695 e.